The lowest BCUT2D eigenvalue weighted by molar-refractivity contribution is -0.141. The molecule has 5 nitrogen and oxygen atoms in total. The molecule has 1 heterocycles. The Labute approximate surface area is 158 Å². The van der Waals surface area contributed by atoms with E-state index in [1.54, 1.807) is 11.0 Å². The molecular formula is C22H23NO4. The predicted molar refractivity (Wildman–Crippen MR) is 102 cm³/mol. The second-order valence-corrected chi connectivity index (χ2v) is 7.11. The van der Waals surface area contributed by atoms with Crippen molar-refractivity contribution in [2.24, 2.45) is 0 Å². The molecule has 2 aromatic rings. The van der Waals surface area contributed by atoms with E-state index in [1.807, 2.05) is 50.2 Å². The number of nitrogens with zero attached hydrogens (tertiary/aromatic N) is 1. The van der Waals surface area contributed by atoms with Crippen LogP contribution >= 0.6 is 0 Å². The van der Waals surface area contributed by atoms with Gasteiger partial charge >= 0.3 is 5.97 Å². The summed E-state index contributed by atoms with van der Waals surface area (Å²) in [5.74, 6) is -1.91. The summed E-state index contributed by atoms with van der Waals surface area (Å²) in [4.78, 5) is 38.3. The molecule has 1 atom stereocenters. The first kappa shape index (κ1) is 18.8. The minimum Gasteiger partial charge on any atom is -0.481 e. The molecule has 0 radical (unpaired) electrons. The Balaban J connectivity index is 1.69. The number of carbonyl (C=O) groups excluding carboxylic acids is 2. The quantitative estimate of drug-likeness (QED) is 0.823. The molecule has 1 unspecified atom stereocenters. The average Bonchev–Trinajstić information content (AvgIpc) is 2.66. The Morgan fingerprint density at radius 1 is 1.07 bits per heavy atom. The molecule has 0 aliphatic carbocycles. The van der Waals surface area contributed by atoms with Crippen LogP contribution in [0.25, 0.3) is 0 Å². The van der Waals surface area contributed by atoms with Crippen molar-refractivity contribution in [2.75, 3.05) is 6.54 Å². The Morgan fingerprint density at radius 3 is 2.56 bits per heavy atom. The van der Waals surface area contributed by atoms with E-state index >= 15 is 0 Å². The second kappa shape index (κ2) is 7.74. The van der Waals surface area contributed by atoms with Crippen molar-refractivity contribution < 1.29 is 19.5 Å². The maximum atomic E-state index is 12.6. The van der Waals surface area contributed by atoms with Crippen LogP contribution in [0.3, 0.4) is 0 Å². The van der Waals surface area contributed by atoms with E-state index in [2.05, 4.69) is 0 Å². The van der Waals surface area contributed by atoms with Crippen molar-refractivity contribution in [2.45, 2.75) is 39.2 Å². The Morgan fingerprint density at radius 2 is 1.81 bits per heavy atom. The third kappa shape index (κ3) is 4.08. The van der Waals surface area contributed by atoms with E-state index in [1.165, 1.54) is 0 Å². The number of ketones is 1. The van der Waals surface area contributed by atoms with Crippen LogP contribution in [0.4, 0.5) is 0 Å². The largest absolute Gasteiger partial charge is 0.481 e. The molecule has 5 heteroatoms. The summed E-state index contributed by atoms with van der Waals surface area (Å²) >= 11 is 0. The number of hydrogen-bond acceptors (Lipinski definition) is 3. The van der Waals surface area contributed by atoms with Crippen LogP contribution in [-0.2, 0) is 16.1 Å². The zero-order chi connectivity index (χ0) is 19.6. The van der Waals surface area contributed by atoms with Crippen molar-refractivity contribution in [1.29, 1.82) is 0 Å². The molecule has 0 bridgehead atoms. The lowest BCUT2D eigenvalue weighted by Gasteiger charge is -2.32. The van der Waals surface area contributed by atoms with Crippen LogP contribution in [0.15, 0.2) is 42.5 Å². The number of amides is 1. The van der Waals surface area contributed by atoms with E-state index in [0.717, 1.165) is 22.3 Å². The minimum absolute atomic E-state index is 0.0586. The van der Waals surface area contributed by atoms with Gasteiger partial charge in [0, 0.05) is 31.5 Å². The van der Waals surface area contributed by atoms with Gasteiger partial charge in [-0.1, -0.05) is 42.0 Å². The van der Waals surface area contributed by atoms with Crippen molar-refractivity contribution in [3.05, 3.63) is 70.3 Å². The van der Waals surface area contributed by atoms with E-state index in [9.17, 15) is 19.5 Å². The number of carboxylic acid groups (broad SMARTS) is 1. The van der Waals surface area contributed by atoms with E-state index < -0.39 is 11.9 Å². The number of aryl methyl sites for hydroxylation is 2. The van der Waals surface area contributed by atoms with Crippen molar-refractivity contribution in [3.8, 4) is 0 Å². The maximum Gasteiger partial charge on any atom is 0.312 e. The molecule has 2 aromatic carbocycles. The second-order valence-electron chi connectivity index (χ2n) is 7.11. The third-order valence-corrected chi connectivity index (χ3v) is 5.10. The number of Topliss-reactive ketones (excluding diaryl/α,β-unsaturated/α-hetero) is 1. The summed E-state index contributed by atoms with van der Waals surface area (Å²) in [5.41, 5.74) is 4.17. The number of hydrogen-bond donors (Lipinski definition) is 1. The number of carbonyl (C=O) groups is 3. The Kier molecular flexibility index (Phi) is 5.40. The Bertz CT molecular complexity index is 903. The highest BCUT2D eigenvalue weighted by Gasteiger charge is 2.32. The van der Waals surface area contributed by atoms with Gasteiger partial charge in [-0.05, 0) is 36.6 Å². The van der Waals surface area contributed by atoms with Crippen LogP contribution in [0.1, 0.15) is 51.4 Å². The fourth-order valence-electron chi connectivity index (χ4n) is 3.56. The van der Waals surface area contributed by atoms with Crippen LogP contribution in [0.2, 0.25) is 0 Å². The predicted octanol–water partition coefficient (Wildman–Crippen LogP) is 3.48. The third-order valence-electron chi connectivity index (χ3n) is 5.10. The van der Waals surface area contributed by atoms with E-state index in [4.69, 9.17) is 0 Å². The van der Waals surface area contributed by atoms with Gasteiger partial charge in [0.1, 0.15) is 0 Å². The molecule has 0 fully saturated rings. The molecule has 3 rings (SSSR count). The lowest BCUT2D eigenvalue weighted by Crippen LogP contribution is -2.40. The number of fused-ring (bicyclic) bond motifs is 1. The topological polar surface area (TPSA) is 74.7 Å². The molecule has 140 valence electrons. The molecule has 1 amide bonds. The molecule has 0 spiro atoms. The summed E-state index contributed by atoms with van der Waals surface area (Å²) in [7, 11) is 0. The molecule has 0 aromatic heterocycles. The molecular weight excluding hydrogens is 342 g/mol. The van der Waals surface area contributed by atoms with Gasteiger partial charge in [-0.15, -0.1) is 0 Å². The average molecular weight is 365 g/mol. The first-order valence-corrected chi connectivity index (χ1v) is 9.05. The molecule has 27 heavy (non-hydrogen) atoms. The molecule has 0 saturated carbocycles. The Hall–Kier alpha value is -2.95. The number of benzene rings is 2. The lowest BCUT2D eigenvalue weighted by atomic mass is 9.89. The van der Waals surface area contributed by atoms with Gasteiger partial charge in [0.2, 0.25) is 5.91 Å². The van der Waals surface area contributed by atoms with Crippen LogP contribution in [0.5, 0.6) is 0 Å². The van der Waals surface area contributed by atoms with Crippen LogP contribution < -0.4 is 0 Å². The van der Waals surface area contributed by atoms with Gasteiger partial charge in [0.15, 0.2) is 5.78 Å². The molecule has 0 saturated heterocycles. The van der Waals surface area contributed by atoms with Crippen LogP contribution in [-0.4, -0.2) is 34.2 Å². The van der Waals surface area contributed by atoms with E-state index in [-0.39, 0.29) is 31.1 Å². The zero-order valence-corrected chi connectivity index (χ0v) is 15.6. The van der Waals surface area contributed by atoms with Gasteiger partial charge in [-0.2, -0.15) is 0 Å². The molecule has 1 aliphatic heterocycles. The van der Waals surface area contributed by atoms with Gasteiger partial charge < -0.3 is 10.0 Å². The molecule has 1 N–H and O–H groups in total. The maximum absolute atomic E-state index is 12.6. The first-order valence-electron chi connectivity index (χ1n) is 9.05. The standard InChI is InChI=1S/C22H23NO4/c1-14-7-8-15(2)18(11-14)20(24)9-10-21(25)23-12-16-5-3-4-6-17(16)19(13-23)22(26)27/h3-8,11,19H,9-10,12-13H2,1-2H3,(H,26,27). The summed E-state index contributed by atoms with van der Waals surface area (Å²) in [6.45, 7) is 4.34. The smallest absolute Gasteiger partial charge is 0.312 e. The van der Waals surface area contributed by atoms with Gasteiger partial charge in [-0.3, -0.25) is 14.4 Å². The highest BCUT2D eigenvalue weighted by molar-refractivity contribution is 5.99. The van der Waals surface area contributed by atoms with E-state index in [0.29, 0.717) is 12.1 Å². The summed E-state index contributed by atoms with van der Waals surface area (Å²) in [5, 5.41) is 9.52. The highest BCUT2D eigenvalue weighted by Crippen LogP contribution is 2.29. The van der Waals surface area contributed by atoms with Crippen LogP contribution in [0, 0.1) is 13.8 Å². The normalized spacial score (nSPS) is 15.9. The summed E-state index contributed by atoms with van der Waals surface area (Å²) in [6.07, 6.45) is 0.208. The monoisotopic (exact) mass is 365 g/mol. The summed E-state index contributed by atoms with van der Waals surface area (Å²) < 4.78 is 0. The van der Waals surface area contributed by atoms with Gasteiger partial charge in [0.05, 0.1) is 5.92 Å². The van der Waals surface area contributed by atoms with Crippen molar-refractivity contribution in [1.82, 2.24) is 4.90 Å². The van der Waals surface area contributed by atoms with Gasteiger partial charge in [-0.25, -0.2) is 0 Å². The van der Waals surface area contributed by atoms with Gasteiger partial charge in [0.25, 0.3) is 0 Å². The molecule has 1 aliphatic rings. The highest BCUT2D eigenvalue weighted by atomic mass is 16.4. The fourth-order valence-corrected chi connectivity index (χ4v) is 3.56. The fraction of sp³-hybridized carbons (Fsp3) is 0.318. The minimum atomic E-state index is -0.939. The number of aliphatic carboxylic acids is 1. The summed E-state index contributed by atoms with van der Waals surface area (Å²) in [6, 6.07) is 13.0. The van der Waals surface area contributed by atoms with Crippen molar-refractivity contribution in [3.63, 3.8) is 0 Å². The SMILES string of the molecule is Cc1ccc(C)c(C(=O)CCC(=O)N2Cc3ccccc3C(C(=O)O)C2)c1. The number of rotatable bonds is 5. The number of carboxylic acids is 1. The van der Waals surface area contributed by atoms with Crippen molar-refractivity contribution >= 4 is 17.7 Å². The first-order chi connectivity index (χ1) is 12.9. The zero-order valence-electron chi connectivity index (χ0n) is 15.6.